The van der Waals surface area contributed by atoms with Crippen LogP contribution in [0.1, 0.15) is 44.6 Å². The molecule has 130 valence electrons. The molecule has 2 aromatic rings. The summed E-state index contributed by atoms with van der Waals surface area (Å²) in [7, 11) is 0. The molecule has 24 heavy (non-hydrogen) atoms. The van der Waals surface area contributed by atoms with Crippen LogP contribution in [0.15, 0.2) is 24.3 Å². The molecule has 0 saturated carbocycles. The highest BCUT2D eigenvalue weighted by Crippen LogP contribution is 2.31. The number of tetrazole rings is 1. The smallest absolute Gasteiger partial charge is 0.173 e. The first-order valence-electron chi connectivity index (χ1n) is 8.39. The van der Waals surface area contributed by atoms with Gasteiger partial charge in [-0.1, -0.05) is 19.1 Å². The van der Waals surface area contributed by atoms with Gasteiger partial charge in [-0.3, -0.25) is 4.90 Å². The molecule has 0 unspecified atom stereocenters. The van der Waals surface area contributed by atoms with Gasteiger partial charge in [-0.05, 0) is 48.4 Å². The van der Waals surface area contributed by atoms with E-state index in [0.717, 1.165) is 30.9 Å². The summed E-state index contributed by atoms with van der Waals surface area (Å²) < 4.78 is 20.8. The van der Waals surface area contributed by atoms with E-state index in [1.165, 1.54) is 12.1 Å². The van der Waals surface area contributed by atoms with Crippen molar-refractivity contribution in [3.8, 4) is 0 Å². The van der Waals surface area contributed by atoms with Gasteiger partial charge in [-0.25, -0.2) is 9.07 Å². The van der Waals surface area contributed by atoms with Gasteiger partial charge >= 0.3 is 0 Å². The van der Waals surface area contributed by atoms with Gasteiger partial charge in [-0.15, -0.1) is 5.10 Å². The Labute approximate surface area is 141 Å². The topological polar surface area (TPSA) is 56.1 Å². The van der Waals surface area contributed by atoms with Crippen molar-refractivity contribution in [2.75, 3.05) is 26.3 Å². The summed E-state index contributed by atoms with van der Waals surface area (Å²) in [5.41, 5.74) is 0.796. The number of hydrogen-bond donors (Lipinski definition) is 0. The van der Waals surface area contributed by atoms with Gasteiger partial charge in [0.1, 0.15) is 5.82 Å². The largest absolute Gasteiger partial charge is 0.379 e. The van der Waals surface area contributed by atoms with Crippen molar-refractivity contribution >= 4 is 0 Å². The summed E-state index contributed by atoms with van der Waals surface area (Å²) in [4.78, 5) is 2.30. The van der Waals surface area contributed by atoms with Crippen LogP contribution in [0.4, 0.5) is 4.39 Å². The molecule has 0 bridgehead atoms. The average molecular weight is 333 g/mol. The van der Waals surface area contributed by atoms with E-state index in [2.05, 4.69) is 41.2 Å². The number of benzene rings is 1. The second kappa shape index (κ2) is 6.94. The lowest BCUT2D eigenvalue weighted by Crippen LogP contribution is -2.42. The molecule has 1 saturated heterocycles. The highest BCUT2D eigenvalue weighted by molar-refractivity contribution is 5.26. The van der Waals surface area contributed by atoms with Crippen LogP contribution in [0.25, 0.3) is 0 Å². The van der Waals surface area contributed by atoms with Gasteiger partial charge in [0.05, 0.1) is 24.8 Å². The lowest BCUT2D eigenvalue weighted by Gasteiger charge is -2.35. The van der Waals surface area contributed by atoms with Crippen LogP contribution in [-0.4, -0.2) is 51.4 Å². The van der Waals surface area contributed by atoms with Crippen LogP contribution in [0.5, 0.6) is 0 Å². The van der Waals surface area contributed by atoms with Crippen LogP contribution in [0, 0.1) is 5.82 Å². The molecule has 0 radical (unpaired) electrons. The molecule has 2 heterocycles. The van der Waals surface area contributed by atoms with E-state index in [9.17, 15) is 4.39 Å². The molecule has 0 aliphatic carbocycles. The molecule has 1 aliphatic rings. The van der Waals surface area contributed by atoms with Crippen molar-refractivity contribution in [3.05, 3.63) is 41.5 Å². The summed E-state index contributed by atoms with van der Waals surface area (Å²) in [6.07, 6.45) is 0.907. The van der Waals surface area contributed by atoms with E-state index in [4.69, 9.17) is 4.74 Å². The first kappa shape index (κ1) is 17.0. The molecule has 1 aliphatic heterocycles. The molecule has 3 rings (SSSR count). The van der Waals surface area contributed by atoms with Crippen LogP contribution >= 0.6 is 0 Å². The van der Waals surface area contributed by atoms with Gasteiger partial charge < -0.3 is 4.74 Å². The van der Waals surface area contributed by atoms with Crippen molar-refractivity contribution < 1.29 is 9.13 Å². The Bertz CT molecular complexity index is 664. The SMILES string of the molecule is CCC(C)(C)n1nnnc1[C@@H](c1ccc(F)cc1)N1CCOCC1. The molecule has 1 aromatic carbocycles. The zero-order valence-corrected chi connectivity index (χ0v) is 14.4. The van der Waals surface area contributed by atoms with E-state index in [-0.39, 0.29) is 17.4 Å². The van der Waals surface area contributed by atoms with E-state index < -0.39 is 0 Å². The van der Waals surface area contributed by atoms with Crippen molar-refractivity contribution in [2.24, 2.45) is 0 Å². The summed E-state index contributed by atoms with van der Waals surface area (Å²) in [5.74, 6) is 0.545. The maximum absolute atomic E-state index is 13.4. The molecule has 0 spiro atoms. The van der Waals surface area contributed by atoms with E-state index in [0.29, 0.717) is 13.2 Å². The third-order valence-electron chi connectivity index (χ3n) is 4.77. The Morgan fingerprint density at radius 1 is 1.21 bits per heavy atom. The lowest BCUT2D eigenvalue weighted by atomic mass is 9.99. The monoisotopic (exact) mass is 333 g/mol. The number of rotatable bonds is 5. The van der Waals surface area contributed by atoms with Gasteiger partial charge in [0.2, 0.25) is 0 Å². The fraction of sp³-hybridized carbons (Fsp3) is 0.588. The Morgan fingerprint density at radius 3 is 2.50 bits per heavy atom. The Balaban J connectivity index is 2.05. The molecule has 1 atom stereocenters. The number of halogens is 1. The van der Waals surface area contributed by atoms with E-state index >= 15 is 0 Å². The van der Waals surface area contributed by atoms with Crippen molar-refractivity contribution in [1.29, 1.82) is 0 Å². The second-order valence-corrected chi connectivity index (χ2v) is 6.72. The number of morpholine rings is 1. The Hall–Kier alpha value is -1.86. The normalized spacial score (nSPS) is 17.8. The third kappa shape index (κ3) is 3.32. The summed E-state index contributed by atoms with van der Waals surface area (Å²) in [6, 6.07) is 6.49. The van der Waals surface area contributed by atoms with Crippen LogP contribution in [0.3, 0.4) is 0 Å². The number of aromatic nitrogens is 4. The zero-order chi connectivity index (χ0) is 17.2. The first-order chi connectivity index (χ1) is 11.5. The summed E-state index contributed by atoms with van der Waals surface area (Å²) in [5, 5.41) is 12.5. The van der Waals surface area contributed by atoms with Gasteiger partial charge in [0.25, 0.3) is 0 Å². The fourth-order valence-corrected chi connectivity index (χ4v) is 2.95. The Morgan fingerprint density at radius 2 is 1.88 bits per heavy atom. The quantitative estimate of drug-likeness (QED) is 0.841. The minimum Gasteiger partial charge on any atom is -0.379 e. The summed E-state index contributed by atoms with van der Waals surface area (Å²) in [6.45, 7) is 9.30. The number of ether oxygens (including phenoxy) is 1. The fourth-order valence-electron chi connectivity index (χ4n) is 2.95. The molecule has 7 heteroatoms. The first-order valence-corrected chi connectivity index (χ1v) is 8.39. The molecule has 1 fully saturated rings. The van der Waals surface area contributed by atoms with Crippen molar-refractivity contribution in [2.45, 2.75) is 38.8 Å². The number of hydrogen-bond acceptors (Lipinski definition) is 5. The number of nitrogens with zero attached hydrogens (tertiary/aromatic N) is 5. The molecule has 6 nitrogen and oxygen atoms in total. The molecular formula is C17H24FN5O. The molecule has 1 aromatic heterocycles. The maximum Gasteiger partial charge on any atom is 0.173 e. The van der Waals surface area contributed by atoms with Crippen LogP contribution in [0.2, 0.25) is 0 Å². The second-order valence-electron chi connectivity index (χ2n) is 6.72. The third-order valence-corrected chi connectivity index (χ3v) is 4.77. The lowest BCUT2D eigenvalue weighted by molar-refractivity contribution is 0.0206. The standard InChI is InChI=1S/C17H24FN5O/c1-4-17(2,3)23-16(19-20-21-23)15(22-9-11-24-12-10-22)13-5-7-14(18)8-6-13/h5-8,15H,4,9-12H2,1-3H3/t15-/m1/s1. The van der Waals surface area contributed by atoms with Crippen LogP contribution < -0.4 is 0 Å². The predicted molar refractivity (Wildman–Crippen MR) is 88.1 cm³/mol. The molecular weight excluding hydrogens is 309 g/mol. The average Bonchev–Trinajstić information content (AvgIpc) is 3.08. The van der Waals surface area contributed by atoms with E-state index in [1.807, 2.05) is 16.8 Å². The summed E-state index contributed by atoms with van der Waals surface area (Å²) >= 11 is 0. The van der Waals surface area contributed by atoms with Crippen LogP contribution in [-0.2, 0) is 10.3 Å². The van der Waals surface area contributed by atoms with Gasteiger partial charge in [0.15, 0.2) is 5.82 Å². The highest BCUT2D eigenvalue weighted by Gasteiger charge is 2.33. The zero-order valence-electron chi connectivity index (χ0n) is 14.4. The molecule has 0 N–H and O–H groups in total. The van der Waals surface area contributed by atoms with Gasteiger partial charge in [-0.2, -0.15) is 0 Å². The maximum atomic E-state index is 13.4. The predicted octanol–water partition coefficient (Wildman–Crippen LogP) is 2.38. The van der Waals surface area contributed by atoms with Crippen molar-refractivity contribution in [3.63, 3.8) is 0 Å². The minimum absolute atomic E-state index is 0.115. The molecule has 0 amide bonds. The Kier molecular flexibility index (Phi) is 4.91. The minimum atomic E-state index is -0.243. The van der Waals surface area contributed by atoms with E-state index in [1.54, 1.807) is 0 Å². The highest BCUT2D eigenvalue weighted by atomic mass is 19.1. The van der Waals surface area contributed by atoms with Gasteiger partial charge in [0, 0.05) is 13.1 Å². The van der Waals surface area contributed by atoms with Crippen molar-refractivity contribution in [1.82, 2.24) is 25.1 Å².